The molecule has 0 fully saturated rings. The molecular weight excluding hydrogens is 522 g/mol. The van der Waals surface area contributed by atoms with Crippen molar-refractivity contribution in [3.63, 3.8) is 0 Å². The quantitative estimate of drug-likeness (QED) is 0.347. The molecule has 2 amide bonds. The van der Waals surface area contributed by atoms with Crippen LogP contribution in [0.2, 0.25) is 0 Å². The summed E-state index contributed by atoms with van der Waals surface area (Å²) < 4.78 is 2.59. The number of aromatic nitrogens is 2. The molecule has 3 heterocycles. The highest BCUT2D eigenvalue weighted by Crippen LogP contribution is 2.26. The zero-order valence-electron chi connectivity index (χ0n) is 20.6. The molecule has 3 aromatic rings. The molecule has 0 radical (unpaired) electrons. The van der Waals surface area contributed by atoms with Crippen LogP contribution in [0, 0.1) is 0 Å². The van der Waals surface area contributed by atoms with E-state index in [0.717, 1.165) is 34.3 Å². The Morgan fingerprint density at radius 1 is 1.25 bits per heavy atom. The van der Waals surface area contributed by atoms with E-state index in [9.17, 15) is 9.59 Å². The molecule has 0 bridgehead atoms. The van der Waals surface area contributed by atoms with Gasteiger partial charge in [-0.05, 0) is 72.1 Å². The predicted molar refractivity (Wildman–Crippen MR) is 147 cm³/mol. The Kier molecular flexibility index (Phi) is 8.04. The van der Waals surface area contributed by atoms with E-state index in [1.54, 1.807) is 29.4 Å². The van der Waals surface area contributed by atoms with E-state index in [1.165, 1.54) is 0 Å². The maximum absolute atomic E-state index is 13.3. The summed E-state index contributed by atoms with van der Waals surface area (Å²) in [5.41, 5.74) is 4.08. The number of anilines is 2. The first-order valence-electron chi connectivity index (χ1n) is 11.9. The highest BCUT2D eigenvalue weighted by molar-refractivity contribution is 9.10. The van der Waals surface area contributed by atoms with Crippen molar-refractivity contribution in [2.24, 2.45) is 4.99 Å². The van der Waals surface area contributed by atoms with E-state index in [1.807, 2.05) is 42.9 Å². The van der Waals surface area contributed by atoms with E-state index < -0.39 is 0 Å². The molecule has 9 nitrogen and oxygen atoms in total. The summed E-state index contributed by atoms with van der Waals surface area (Å²) in [5.74, 6) is 0.0201. The standard InChI is InChI=1S/C26H30BrN7O2/c1-4-18-13-33(22-9-8-19(10-21(18)22)30-20-11-28-16-29-12-20)15-26(36)34(17(2)3)14-25(35)32-24-7-5-6-23(27)31-24/h5-11,13,16-17,30H,4,12,14-15H2,1-3H3,(H,28,29)(H,31,32,35). The van der Waals surface area contributed by atoms with Crippen molar-refractivity contribution in [1.82, 2.24) is 19.8 Å². The van der Waals surface area contributed by atoms with Crippen LogP contribution in [-0.4, -0.2) is 51.7 Å². The predicted octanol–water partition coefficient (Wildman–Crippen LogP) is 4.12. The van der Waals surface area contributed by atoms with Crippen molar-refractivity contribution in [2.75, 3.05) is 23.7 Å². The second-order valence-electron chi connectivity index (χ2n) is 8.81. The number of carbonyl (C=O) groups excluding carboxylic acids is 2. The molecule has 0 aliphatic carbocycles. The van der Waals surface area contributed by atoms with Crippen LogP contribution in [0.1, 0.15) is 26.3 Å². The Labute approximate surface area is 218 Å². The number of aryl methyl sites for hydroxylation is 1. The van der Waals surface area contributed by atoms with E-state index >= 15 is 0 Å². The number of hydrogen-bond donors (Lipinski definition) is 3. The van der Waals surface area contributed by atoms with Gasteiger partial charge in [-0.2, -0.15) is 0 Å². The molecule has 1 aliphatic heterocycles. The van der Waals surface area contributed by atoms with Crippen LogP contribution in [0.15, 0.2) is 64.1 Å². The van der Waals surface area contributed by atoms with Gasteiger partial charge in [0.05, 0.1) is 18.6 Å². The van der Waals surface area contributed by atoms with E-state index in [4.69, 9.17) is 0 Å². The molecule has 1 aromatic carbocycles. The summed E-state index contributed by atoms with van der Waals surface area (Å²) in [7, 11) is 0. The molecular formula is C26H30BrN7O2. The maximum atomic E-state index is 13.3. The second kappa shape index (κ2) is 11.4. The Bertz CT molecular complexity index is 1330. The number of carbonyl (C=O) groups is 2. The van der Waals surface area contributed by atoms with Crippen molar-refractivity contribution in [3.05, 3.63) is 64.7 Å². The van der Waals surface area contributed by atoms with E-state index in [-0.39, 0.29) is 30.9 Å². The number of rotatable bonds is 9. The zero-order chi connectivity index (χ0) is 25.7. The molecule has 2 aromatic heterocycles. The third kappa shape index (κ3) is 6.12. The van der Waals surface area contributed by atoms with Gasteiger partial charge in [0.2, 0.25) is 11.8 Å². The van der Waals surface area contributed by atoms with Gasteiger partial charge in [0.15, 0.2) is 0 Å². The fourth-order valence-corrected chi connectivity index (χ4v) is 4.46. The number of fused-ring (bicyclic) bond motifs is 1. The van der Waals surface area contributed by atoms with Gasteiger partial charge in [-0.1, -0.05) is 13.0 Å². The normalized spacial score (nSPS) is 12.9. The van der Waals surface area contributed by atoms with Crippen LogP contribution >= 0.6 is 15.9 Å². The molecule has 0 saturated heterocycles. The Morgan fingerprint density at radius 3 is 2.78 bits per heavy atom. The molecule has 0 saturated carbocycles. The van der Waals surface area contributed by atoms with Gasteiger partial charge in [0.25, 0.3) is 0 Å². The number of pyridine rings is 1. The molecule has 0 atom stereocenters. The lowest BCUT2D eigenvalue weighted by Gasteiger charge is -2.26. The van der Waals surface area contributed by atoms with Crippen molar-refractivity contribution in [3.8, 4) is 0 Å². The van der Waals surface area contributed by atoms with Gasteiger partial charge in [0, 0.05) is 35.0 Å². The van der Waals surface area contributed by atoms with Crippen LogP contribution in [0.5, 0.6) is 0 Å². The largest absolute Gasteiger partial charge is 0.356 e. The summed E-state index contributed by atoms with van der Waals surface area (Å²) in [6.07, 6.45) is 6.43. The maximum Gasteiger partial charge on any atom is 0.245 e. The van der Waals surface area contributed by atoms with Gasteiger partial charge in [0.1, 0.15) is 23.5 Å². The van der Waals surface area contributed by atoms with Gasteiger partial charge in [-0.15, -0.1) is 0 Å². The van der Waals surface area contributed by atoms with Crippen molar-refractivity contribution in [1.29, 1.82) is 0 Å². The Balaban J connectivity index is 1.49. The molecule has 0 unspecified atom stereocenters. The number of hydrogen-bond acceptors (Lipinski definition) is 6. The first kappa shape index (κ1) is 25.4. The van der Waals surface area contributed by atoms with Crippen LogP contribution in [0.25, 0.3) is 10.9 Å². The molecule has 4 rings (SSSR count). The molecule has 1 aliphatic rings. The highest BCUT2D eigenvalue weighted by atomic mass is 79.9. The van der Waals surface area contributed by atoms with Gasteiger partial charge in [-0.3, -0.25) is 14.6 Å². The third-order valence-electron chi connectivity index (χ3n) is 5.88. The number of amides is 2. The van der Waals surface area contributed by atoms with Crippen molar-refractivity contribution in [2.45, 2.75) is 39.8 Å². The Morgan fingerprint density at radius 2 is 2.08 bits per heavy atom. The molecule has 188 valence electrons. The molecule has 0 spiro atoms. The lowest BCUT2D eigenvalue weighted by molar-refractivity contribution is -0.136. The number of halogens is 1. The highest BCUT2D eigenvalue weighted by Gasteiger charge is 2.22. The summed E-state index contributed by atoms with van der Waals surface area (Å²) in [4.78, 5) is 36.0. The number of benzene rings is 1. The minimum atomic E-state index is -0.291. The molecule has 36 heavy (non-hydrogen) atoms. The van der Waals surface area contributed by atoms with Crippen LogP contribution in [0.4, 0.5) is 11.5 Å². The fourth-order valence-electron chi connectivity index (χ4n) is 4.11. The number of nitrogens with zero attached hydrogens (tertiary/aromatic N) is 4. The minimum absolute atomic E-state index is 0.0514. The smallest absolute Gasteiger partial charge is 0.245 e. The van der Waals surface area contributed by atoms with E-state index in [2.05, 4.69) is 54.8 Å². The number of aliphatic imine (C=N–C) groups is 1. The summed E-state index contributed by atoms with van der Waals surface area (Å²) in [6, 6.07) is 11.3. The third-order valence-corrected chi connectivity index (χ3v) is 6.32. The molecule has 3 N–H and O–H groups in total. The zero-order valence-corrected chi connectivity index (χ0v) is 22.2. The van der Waals surface area contributed by atoms with E-state index in [0.29, 0.717) is 17.0 Å². The number of nitrogens with one attached hydrogen (secondary N) is 3. The van der Waals surface area contributed by atoms with Gasteiger partial charge >= 0.3 is 0 Å². The van der Waals surface area contributed by atoms with Crippen LogP contribution in [-0.2, 0) is 22.6 Å². The summed E-state index contributed by atoms with van der Waals surface area (Å²) >= 11 is 3.30. The SMILES string of the molecule is CCc1cn(CC(=O)N(CC(=O)Nc2cccc(Br)n2)C(C)C)c2ccc(NC3=CNC=NC3)cc12. The Hall–Kier alpha value is -3.66. The minimum Gasteiger partial charge on any atom is -0.356 e. The summed E-state index contributed by atoms with van der Waals surface area (Å²) in [5, 5.41) is 10.3. The van der Waals surface area contributed by atoms with Gasteiger partial charge < -0.3 is 25.4 Å². The topological polar surface area (TPSA) is 104 Å². The lowest BCUT2D eigenvalue weighted by atomic mass is 10.1. The van der Waals surface area contributed by atoms with Crippen molar-refractivity contribution >= 4 is 56.5 Å². The first-order valence-corrected chi connectivity index (χ1v) is 12.7. The van der Waals surface area contributed by atoms with Crippen LogP contribution < -0.4 is 16.0 Å². The fraction of sp³-hybridized carbons (Fsp3) is 0.308. The summed E-state index contributed by atoms with van der Waals surface area (Å²) in [6.45, 7) is 6.61. The van der Waals surface area contributed by atoms with Gasteiger partial charge in [-0.25, -0.2) is 4.98 Å². The second-order valence-corrected chi connectivity index (χ2v) is 9.62. The monoisotopic (exact) mass is 551 g/mol. The van der Waals surface area contributed by atoms with Crippen molar-refractivity contribution < 1.29 is 9.59 Å². The van der Waals surface area contributed by atoms with Crippen LogP contribution in [0.3, 0.4) is 0 Å². The first-order chi connectivity index (χ1) is 17.3. The molecule has 10 heteroatoms. The average Bonchev–Trinajstić information content (AvgIpc) is 3.19. The lowest BCUT2D eigenvalue weighted by Crippen LogP contribution is -2.43. The average molecular weight is 552 g/mol.